The highest BCUT2D eigenvalue weighted by Gasteiger charge is 2.18. The van der Waals surface area contributed by atoms with Gasteiger partial charge in [-0.15, -0.1) is 0 Å². The molecule has 1 unspecified atom stereocenters. The number of benzene rings is 1. The Balaban J connectivity index is 2.86. The van der Waals surface area contributed by atoms with Crippen molar-refractivity contribution >= 4 is 37.4 Å². The number of hydrogen-bond donors (Lipinski definition) is 2. The quantitative estimate of drug-likeness (QED) is 0.847. The van der Waals surface area contributed by atoms with E-state index in [1.54, 1.807) is 18.2 Å². The SMILES string of the molecule is O=S(=O)(Cc1cc(Br)ccc1Cl)CC(O)CO. The van der Waals surface area contributed by atoms with E-state index in [1.165, 1.54) is 0 Å². The molecule has 1 atom stereocenters. The minimum Gasteiger partial charge on any atom is -0.394 e. The van der Waals surface area contributed by atoms with Crippen LogP contribution in [0.3, 0.4) is 0 Å². The third-order valence-corrected chi connectivity index (χ3v) is 4.55. The van der Waals surface area contributed by atoms with E-state index >= 15 is 0 Å². The molecule has 0 heterocycles. The zero-order valence-corrected chi connectivity index (χ0v) is 12.0. The molecule has 1 aromatic rings. The molecule has 96 valence electrons. The van der Waals surface area contributed by atoms with E-state index < -0.39 is 28.3 Å². The number of sulfone groups is 1. The summed E-state index contributed by atoms with van der Waals surface area (Å²) in [6, 6.07) is 4.92. The highest BCUT2D eigenvalue weighted by Crippen LogP contribution is 2.23. The van der Waals surface area contributed by atoms with Crippen LogP contribution in [0.15, 0.2) is 22.7 Å². The van der Waals surface area contributed by atoms with E-state index in [1.807, 2.05) is 0 Å². The van der Waals surface area contributed by atoms with Gasteiger partial charge in [-0.25, -0.2) is 8.42 Å². The van der Waals surface area contributed by atoms with Gasteiger partial charge in [0.25, 0.3) is 0 Å². The van der Waals surface area contributed by atoms with Crippen molar-refractivity contribution in [3.8, 4) is 0 Å². The molecule has 0 aromatic heterocycles. The molecule has 0 saturated heterocycles. The second-order valence-corrected chi connectivity index (χ2v) is 7.06. The lowest BCUT2D eigenvalue weighted by atomic mass is 10.2. The molecule has 0 fully saturated rings. The van der Waals surface area contributed by atoms with E-state index in [0.29, 0.717) is 10.6 Å². The van der Waals surface area contributed by atoms with Gasteiger partial charge in [0.05, 0.1) is 24.2 Å². The third-order valence-electron chi connectivity index (χ3n) is 2.04. The molecule has 1 aromatic carbocycles. The summed E-state index contributed by atoms with van der Waals surface area (Å²) in [5, 5.41) is 18.1. The molecule has 0 bridgehead atoms. The van der Waals surface area contributed by atoms with Crippen molar-refractivity contribution in [2.45, 2.75) is 11.9 Å². The number of aliphatic hydroxyl groups is 2. The lowest BCUT2D eigenvalue weighted by Crippen LogP contribution is -2.25. The molecule has 0 aliphatic rings. The summed E-state index contributed by atoms with van der Waals surface area (Å²) in [5.74, 6) is -0.741. The first kappa shape index (κ1) is 14.9. The van der Waals surface area contributed by atoms with Crippen molar-refractivity contribution in [2.24, 2.45) is 0 Å². The molecule has 0 aliphatic heterocycles. The first-order valence-electron chi connectivity index (χ1n) is 4.77. The van der Waals surface area contributed by atoms with Crippen LogP contribution in [-0.4, -0.2) is 37.1 Å². The zero-order valence-electron chi connectivity index (χ0n) is 8.81. The molecule has 0 spiro atoms. The Morgan fingerprint density at radius 2 is 2.06 bits per heavy atom. The molecule has 0 amide bonds. The Bertz CT molecular complexity index is 489. The zero-order chi connectivity index (χ0) is 13.1. The maximum Gasteiger partial charge on any atom is 0.157 e. The summed E-state index contributed by atoms with van der Waals surface area (Å²) in [4.78, 5) is 0. The van der Waals surface area contributed by atoms with Crippen LogP contribution in [0.2, 0.25) is 5.02 Å². The van der Waals surface area contributed by atoms with Gasteiger partial charge in [0, 0.05) is 9.50 Å². The van der Waals surface area contributed by atoms with Crippen LogP contribution in [0.4, 0.5) is 0 Å². The predicted octanol–water partition coefficient (Wildman–Crippen LogP) is 1.37. The Morgan fingerprint density at radius 1 is 1.41 bits per heavy atom. The number of rotatable bonds is 5. The van der Waals surface area contributed by atoms with Crippen molar-refractivity contribution in [3.05, 3.63) is 33.3 Å². The molecular formula is C10H12BrClO4S. The maximum absolute atomic E-state index is 11.7. The summed E-state index contributed by atoms with van der Waals surface area (Å²) in [7, 11) is -3.50. The minimum atomic E-state index is -3.50. The molecule has 1 rings (SSSR count). The maximum atomic E-state index is 11.7. The van der Waals surface area contributed by atoms with Crippen LogP contribution in [0.5, 0.6) is 0 Å². The van der Waals surface area contributed by atoms with E-state index in [9.17, 15) is 8.42 Å². The molecule has 0 saturated carbocycles. The Labute approximate surface area is 113 Å². The number of aliphatic hydroxyl groups excluding tert-OH is 2. The van der Waals surface area contributed by atoms with Crippen LogP contribution in [0, 0.1) is 0 Å². The van der Waals surface area contributed by atoms with Gasteiger partial charge in [0.1, 0.15) is 0 Å². The van der Waals surface area contributed by atoms with Gasteiger partial charge in [0.15, 0.2) is 9.84 Å². The largest absolute Gasteiger partial charge is 0.394 e. The molecule has 7 heteroatoms. The van der Waals surface area contributed by atoms with E-state index in [0.717, 1.165) is 4.47 Å². The van der Waals surface area contributed by atoms with Crippen LogP contribution in [0.1, 0.15) is 5.56 Å². The normalized spacial score (nSPS) is 13.6. The summed E-state index contributed by atoms with van der Waals surface area (Å²) < 4.78 is 24.1. The van der Waals surface area contributed by atoms with Crippen molar-refractivity contribution in [1.82, 2.24) is 0 Å². The fourth-order valence-corrected chi connectivity index (χ4v) is 3.49. The average Bonchev–Trinajstić information content (AvgIpc) is 2.22. The smallest absolute Gasteiger partial charge is 0.157 e. The summed E-state index contributed by atoms with van der Waals surface area (Å²) in [6.45, 7) is -0.578. The van der Waals surface area contributed by atoms with Crippen LogP contribution in [0.25, 0.3) is 0 Å². The van der Waals surface area contributed by atoms with E-state index in [2.05, 4.69) is 15.9 Å². The fourth-order valence-electron chi connectivity index (χ4n) is 1.30. The lowest BCUT2D eigenvalue weighted by Gasteiger charge is -2.09. The van der Waals surface area contributed by atoms with Gasteiger partial charge in [-0.2, -0.15) is 0 Å². The lowest BCUT2D eigenvalue weighted by molar-refractivity contribution is 0.112. The molecule has 0 aliphatic carbocycles. The number of halogens is 2. The topological polar surface area (TPSA) is 74.6 Å². The van der Waals surface area contributed by atoms with Gasteiger partial charge >= 0.3 is 0 Å². The summed E-state index contributed by atoms with van der Waals surface area (Å²) in [6.07, 6.45) is -1.26. The van der Waals surface area contributed by atoms with Gasteiger partial charge in [-0.05, 0) is 23.8 Å². The summed E-state index contributed by atoms with van der Waals surface area (Å²) in [5.41, 5.74) is 0.464. The highest BCUT2D eigenvalue weighted by atomic mass is 79.9. The minimum absolute atomic E-state index is 0.262. The van der Waals surface area contributed by atoms with Gasteiger partial charge in [-0.1, -0.05) is 27.5 Å². The van der Waals surface area contributed by atoms with Gasteiger partial charge in [0.2, 0.25) is 0 Å². The van der Waals surface area contributed by atoms with Gasteiger partial charge < -0.3 is 10.2 Å². The van der Waals surface area contributed by atoms with Crippen molar-refractivity contribution in [3.63, 3.8) is 0 Å². The molecule has 2 N–H and O–H groups in total. The van der Waals surface area contributed by atoms with Crippen molar-refractivity contribution in [2.75, 3.05) is 12.4 Å². The molecule has 4 nitrogen and oxygen atoms in total. The first-order chi connectivity index (χ1) is 7.84. The van der Waals surface area contributed by atoms with Crippen LogP contribution >= 0.6 is 27.5 Å². The van der Waals surface area contributed by atoms with Crippen molar-refractivity contribution < 1.29 is 18.6 Å². The third kappa shape index (κ3) is 4.93. The van der Waals surface area contributed by atoms with Crippen molar-refractivity contribution in [1.29, 1.82) is 0 Å². The van der Waals surface area contributed by atoms with Crippen LogP contribution in [-0.2, 0) is 15.6 Å². The van der Waals surface area contributed by atoms with E-state index in [4.69, 9.17) is 21.8 Å². The standard InChI is InChI=1S/C10H12BrClO4S/c11-8-1-2-10(12)7(3-8)5-17(15,16)6-9(14)4-13/h1-3,9,13-14H,4-6H2. The second kappa shape index (κ2) is 6.15. The Kier molecular flexibility index (Phi) is 5.40. The summed E-state index contributed by atoms with van der Waals surface area (Å²) >= 11 is 9.10. The highest BCUT2D eigenvalue weighted by molar-refractivity contribution is 9.10. The Hall–Kier alpha value is -0.140. The van der Waals surface area contributed by atoms with Crippen LogP contribution < -0.4 is 0 Å². The number of hydrogen-bond acceptors (Lipinski definition) is 4. The monoisotopic (exact) mass is 342 g/mol. The predicted molar refractivity (Wildman–Crippen MR) is 69.7 cm³/mol. The fraction of sp³-hybridized carbons (Fsp3) is 0.400. The van der Waals surface area contributed by atoms with Gasteiger partial charge in [-0.3, -0.25) is 0 Å². The Morgan fingerprint density at radius 3 is 2.65 bits per heavy atom. The molecule has 0 radical (unpaired) electrons. The van der Waals surface area contributed by atoms with E-state index in [-0.39, 0.29) is 5.75 Å². The second-order valence-electron chi connectivity index (χ2n) is 3.63. The molecular weight excluding hydrogens is 332 g/mol. The molecule has 17 heavy (non-hydrogen) atoms. The average molecular weight is 344 g/mol. The first-order valence-corrected chi connectivity index (χ1v) is 7.76.